The number of esters is 2. The summed E-state index contributed by atoms with van der Waals surface area (Å²) in [5.74, 6) is -0.887. The summed E-state index contributed by atoms with van der Waals surface area (Å²) in [6.45, 7) is 3.94. The molecule has 0 aliphatic heterocycles. The van der Waals surface area contributed by atoms with Gasteiger partial charge in [0.05, 0.1) is 27.7 Å². The van der Waals surface area contributed by atoms with E-state index in [4.69, 9.17) is 18.5 Å². The number of nitrogens with zero attached hydrogens (tertiary/aromatic N) is 1. The molecule has 536 valence electrons. The first-order valence-corrected chi connectivity index (χ1v) is 38.6. The Kier molecular flexibility index (Phi) is 68.8. The molecule has 0 fully saturated rings. The average Bonchev–Trinajstić information content (AvgIpc) is 2.54. The molecule has 0 saturated carbocycles. The van der Waals surface area contributed by atoms with E-state index in [0.29, 0.717) is 23.9 Å². The molecule has 2 atom stereocenters. The number of likely N-dealkylation sites (N-methyl/N-ethyl adjacent to an activating group) is 1. The zero-order valence-electron chi connectivity index (χ0n) is 61.0. The summed E-state index contributed by atoms with van der Waals surface area (Å²) in [4.78, 5) is 38.1. The Morgan fingerprint density at radius 3 is 0.833 bits per heavy atom. The van der Waals surface area contributed by atoms with E-state index in [2.05, 4.69) is 245 Å². The second-order valence-electron chi connectivity index (χ2n) is 24.8. The van der Waals surface area contributed by atoms with E-state index in [1.807, 2.05) is 21.1 Å². The lowest BCUT2D eigenvalue weighted by molar-refractivity contribution is -0.870. The smallest absolute Gasteiger partial charge is 0.306 e. The maximum atomic E-state index is 12.9. The fourth-order valence-electron chi connectivity index (χ4n) is 9.09. The predicted molar refractivity (Wildman–Crippen MR) is 414 cm³/mol. The van der Waals surface area contributed by atoms with Gasteiger partial charge in [0.15, 0.2) is 6.10 Å². The van der Waals surface area contributed by atoms with Gasteiger partial charge in [-0.15, -0.1) is 0 Å². The minimum absolute atomic E-state index is 0.0502. The lowest BCUT2D eigenvalue weighted by Crippen LogP contribution is -2.37. The molecule has 0 rings (SSSR count). The van der Waals surface area contributed by atoms with Crippen molar-refractivity contribution >= 4 is 19.8 Å². The predicted octanol–water partition coefficient (Wildman–Crippen LogP) is 24.3. The molecule has 0 aliphatic carbocycles. The Morgan fingerprint density at radius 1 is 0.323 bits per heavy atom. The molecule has 0 amide bonds. The van der Waals surface area contributed by atoms with Gasteiger partial charge in [0.25, 0.3) is 7.82 Å². The highest BCUT2D eigenvalue weighted by molar-refractivity contribution is 7.45. The number of ether oxygens (including phenoxy) is 2. The van der Waals surface area contributed by atoms with Crippen LogP contribution in [0.25, 0.3) is 0 Å². The van der Waals surface area contributed by atoms with Crippen LogP contribution in [-0.4, -0.2) is 70.0 Å². The third-order valence-corrected chi connectivity index (χ3v) is 15.6. The summed E-state index contributed by atoms with van der Waals surface area (Å²) in [6, 6.07) is 0. The van der Waals surface area contributed by atoms with Crippen molar-refractivity contribution in [3.8, 4) is 0 Å². The lowest BCUT2D eigenvalue weighted by atomic mass is 10.1. The summed E-state index contributed by atoms with van der Waals surface area (Å²) in [5.41, 5.74) is 0. The number of carbonyl (C=O) groups excluding carboxylic acids is 2. The van der Waals surface area contributed by atoms with Crippen LogP contribution < -0.4 is 4.89 Å². The number of allylic oxidation sites excluding steroid dienone is 38. The Morgan fingerprint density at radius 2 is 0.562 bits per heavy atom. The molecular weight excluding hydrogens is 1210 g/mol. The fraction of sp³-hybridized carbons (Fsp3) is 0.535. The molecule has 0 aromatic carbocycles. The van der Waals surface area contributed by atoms with Gasteiger partial charge in [-0.25, -0.2) is 0 Å². The highest BCUT2D eigenvalue weighted by Gasteiger charge is 2.22. The van der Waals surface area contributed by atoms with Crippen molar-refractivity contribution in [2.45, 2.75) is 251 Å². The summed E-state index contributed by atoms with van der Waals surface area (Å²) in [6.07, 6.45) is 118. The summed E-state index contributed by atoms with van der Waals surface area (Å²) in [5, 5.41) is 0. The van der Waals surface area contributed by atoms with Crippen molar-refractivity contribution in [2.24, 2.45) is 0 Å². The normalized spacial score (nSPS) is 14.4. The van der Waals surface area contributed by atoms with Crippen LogP contribution in [0.4, 0.5) is 0 Å². The van der Waals surface area contributed by atoms with Gasteiger partial charge in [0.1, 0.15) is 19.8 Å². The van der Waals surface area contributed by atoms with Gasteiger partial charge in [0, 0.05) is 12.8 Å². The van der Waals surface area contributed by atoms with Crippen LogP contribution in [0.3, 0.4) is 0 Å². The highest BCUT2D eigenvalue weighted by atomic mass is 31.2. The second-order valence-corrected chi connectivity index (χ2v) is 26.2. The van der Waals surface area contributed by atoms with Gasteiger partial charge < -0.3 is 27.9 Å². The Bertz CT molecular complexity index is 2480. The van der Waals surface area contributed by atoms with Gasteiger partial charge >= 0.3 is 11.9 Å². The van der Waals surface area contributed by atoms with Crippen molar-refractivity contribution in [2.75, 3.05) is 47.5 Å². The molecule has 0 saturated heterocycles. The third kappa shape index (κ3) is 77.1. The monoisotopic (exact) mass is 1340 g/mol. The van der Waals surface area contributed by atoms with Gasteiger partial charge in [-0.05, 0) is 161 Å². The molecule has 0 aromatic heterocycles. The van der Waals surface area contributed by atoms with Gasteiger partial charge in [0.2, 0.25) is 0 Å². The van der Waals surface area contributed by atoms with E-state index < -0.39 is 32.5 Å². The molecule has 9 nitrogen and oxygen atoms in total. The van der Waals surface area contributed by atoms with Crippen LogP contribution >= 0.6 is 7.82 Å². The summed E-state index contributed by atoms with van der Waals surface area (Å²) in [7, 11) is 1.11. The van der Waals surface area contributed by atoms with E-state index in [1.165, 1.54) is 32.1 Å². The van der Waals surface area contributed by atoms with Crippen molar-refractivity contribution in [1.82, 2.24) is 0 Å². The number of phosphoric ester groups is 1. The molecule has 2 unspecified atom stereocenters. The molecule has 0 N–H and O–H groups in total. The number of phosphoric acid groups is 1. The molecule has 0 spiro atoms. The Balaban J connectivity index is 4.20. The molecule has 0 aromatic rings. The maximum Gasteiger partial charge on any atom is 0.306 e. The van der Waals surface area contributed by atoms with E-state index in [-0.39, 0.29) is 26.1 Å². The summed E-state index contributed by atoms with van der Waals surface area (Å²) < 4.78 is 34.3. The number of quaternary nitrogens is 1. The minimum Gasteiger partial charge on any atom is -0.756 e. The number of rotatable bonds is 65. The largest absolute Gasteiger partial charge is 0.756 e. The van der Waals surface area contributed by atoms with Crippen LogP contribution in [0.5, 0.6) is 0 Å². The number of hydrogen-bond donors (Lipinski definition) is 0. The molecule has 0 heterocycles. The molecule has 10 heteroatoms. The molecule has 96 heavy (non-hydrogen) atoms. The Hall–Kier alpha value is -5.93. The van der Waals surface area contributed by atoms with Gasteiger partial charge in [-0.1, -0.05) is 303 Å². The van der Waals surface area contributed by atoms with E-state index in [0.717, 1.165) is 173 Å². The zero-order chi connectivity index (χ0) is 69.7. The highest BCUT2D eigenvalue weighted by Crippen LogP contribution is 2.38. The zero-order valence-corrected chi connectivity index (χ0v) is 61.9. The van der Waals surface area contributed by atoms with Crippen LogP contribution in [0, 0.1) is 0 Å². The third-order valence-electron chi connectivity index (χ3n) is 14.7. The molecular formula is C86H134NO8P. The van der Waals surface area contributed by atoms with Crippen molar-refractivity contribution in [3.05, 3.63) is 231 Å². The summed E-state index contributed by atoms with van der Waals surface area (Å²) >= 11 is 0. The SMILES string of the molecule is CC/C=C\C/C=C\C/C=C\C/C=C\C/C=C\C/C=C\C/C=C\C/C=C\C/C=C\C/C=C\C/C=C\C/C=C\CCCCCCC(=O)OC(COC(=O)CCCCCCCCCCC/C=C\C/C=C\C/C=C\C/C=C\C/C=C\C/C=C\C/C=C\CC)COP(=O)([O-])OCC[N+](C)(C)C. The molecule has 0 radical (unpaired) electrons. The maximum absolute atomic E-state index is 12.9. The quantitative estimate of drug-likeness (QED) is 0.0195. The molecule has 0 bridgehead atoms. The molecule has 0 aliphatic rings. The van der Waals surface area contributed by atoms with E-state index in [9.17, 15) is 19.0 Å². The first-order valence-electron chi connectivity index (χ1n) is 37.1. The van der Waals surface area contributed by atoms with Gasteiger partial charge in [-0.3, -0.25) is 14.2 Å². The van der Waals surface area contributed by atoms with Crippen LogP contribution in [-0.2, 0) is 32.7 Å². The van der Waals surface area contributed by atoms with E-state index in [1.54, 1.807) is 0 Å². The van der Waals surface area contributed by atoms with Crippen LogP contribution in [0.2, 0.25) is 0 Å². The van der Waals surface area contributed by atoms with Crippen molar-refractivity contribution < 1.29 is 42.1 Å². The standard InChI is InChI=1S/C86H134NO8P/c1-6-8-10-12-14-16-18-20-22-24-26-28-30-32-34-36-38-39-40-41-42-43-44-45-46-47-49-51-53-55-57-59-61-63-65-67-69-71-73-75-77-79-86(89)95-84(83-94-96(90,91)93-81-80-87(3,4)5)82-92-85(88)78-76-74-72-70-68-66-64-62-60-58-56-54-52-50-48-37-35-33-31-29-27-25-23-21-19-17-15-13-11-9-7-2/h8-11,14-17,20-23,26-29,32-35,38-39,41-42,44-45,47-50,53-56,59,61,65,67,84H,6-7,12-13,18-19,24-25,30-31,36-37,40,43,46,51-52,57-58,60,62-64,66,68-83H2,1-5H3/b10-8-,11-9-,16-14-,17-15-,22-20-,23-21-,28-26-,29-27-,34-32-,35-33-,39-38-,42-41-,45-44-,49-47-,50-48-,55-53-,56-54-,61-59-,67-65-. The first-order chi connectivity index (χ1) is 47.0. The van der Waals surface area contributed by atoms with Crippen molar-refractivity contribution in [3.63, 3.8) is 0 Å². The number of hydrogen-bond acceptors (Lipinski definition) is 8. The van der Waals surface area contributed by atoms with E-state index >= 15 is 0 Å². The van der Waals surface area contributed by atoms with Crippen LogP contribution in [0.15, 0.2) is 231 Å². The van der Waals surface area contributed by atoms with Crippen molar-refractivity contribution in [1.29, 1.82) is 0 Å². The van der Waals surface area contributed by atoms with Gasteiger partial charge in [-0.2, -0.15) is 0 Å². The Labute approximate surface area is 588 Å². The number of unbranched alkanes of at least 4 members (excludes halogenated alkanes) is 13. The lowest BCUT2D eigenvalue weighted by Gasteiger charge is -2.28. The fourth-order valence-corrected chi connectivity index (χ4v) is 9.82. The number of carbonyl (C=O) groups is 2. The van der Waals surface area contributed by atoms with Crippen LogP contribution in [0.1, 0.15) is 245 Å². The topological polar surface area (TPSA) is 111 Å². The average molecular weight is 1340 g/mol. The second kappa shape index (κ2) is 73.3. The first kappa shape index (κ1) is 90.1. The minimum atomic E-state index is -4.67.